The van der Waals surface area contributed by atoms with Crippen molar-refractivity contribution in [3.63, 3.8) is 0 Å². The fourth-order valence-electron chi connectivity index (χ4n) is 2.77. The van der Waals surface area contributed by atoms with E-state index in [0.29, 0.717) is 18.0 Å². The molecule has 0 saturated heterocycles. The number of aromatic nitrogens is 4. The predicted octanol–water partition coefficient (Wildman–Crippen LogP) is 2.01. The van der Waals surface area contributed by atoms with Crippen LogP contribution in [-0.2, 0) is 6.54 Å². The lowest BCUT2D eigenvalue weighted by atomic mass is 10.1. The van der Waals surface area contributed by atoms with Gasteiger partial charge in [0.05, 0.1) is 6.04 Å². The van der Waals surface area contributed by atoms with E-state index in [9.17, 15) is 4.79 Å². The molecule has 0 spiro atoms. The molecule has 110 valence electrons. The van der Waals surface area contributed by atoms with Crippen molar-refractivity contribution in [1.82, 2.24) is 24.6 Å². The smallest absolute Gasteiger partial charge is 0.254 e. The molecule has 3 rings (SSSR count). The lowest BCUT2D eigenvalue weighted by Crippen LogP contribution is -2.41. The van der Waals surface area contributed by atoms with Gasteiger partial charge < -0.3 is 9.47 Å². The van der Waals surface area contributed by atoms with Crippen LogP contribution < -0.4 is 0 Å². The summed E-state index contributed by atoms with van der Waals surface area (Å²) in [6.07, 6.45) is 3.28. The Labute approximate surface area is 123 Å². The molecule has 0 aromatic carbocycles. The zero-order valence-electron chi connectivity index (χ0n) is 12.5. The normalized spacial score (nSPS) is 17.9. The third kappa shape index (κ3) is 2.30. The number of amides is 1. The summed E-state index contributed by atoms with van der Waals surface area (Å²) >= 11 is 0. The number of pyridine rings is 1. The van der Waals surface area contributed by atoms with Gasteiger partial charge in [-0.15, -0.1) is 10.2 Å². The average Bonchev–Trinajstić information content (AvgIpc) is 2.93. The Morgan fingerprint density at radius 3 is 2.62 bits per heavy atom. The minimum absolute atomic E-state index is 0.0187. The number of carbonyl (C=O) groups is 1. The molecule has 0 radical (unpaired) electrons. The molecule has 2 aromatic heterocycles. The number of nitrogens with zero attached hydrogens (tertiary/aromatic N) is 5. The second-order valence-corrected chi connectivity index (χ2v) is 5.63. The van der Waals surface area contributed by atoms with Gasteiger partial charge in [-0.25, -0.2) is 0 Å². The Bertz CT molecular complexity index is 649. The highest BCUT2D eigenvalue weighted by Gasteiger charge is 2.32. The Kier molecular flexibility index (Phi) is 3.45. The van der Waals surface area contributed by atoms with Crippen LogP contribution in [-0.4, -0.2) is 37.1 Å². The molecule has 0 fully saturated rings. The van der Waals surface area contributed by atoms with E-state index in [-0.39, 0.29) is 11.9 Å². The Morgan fingerprint density at radius 1 is 1.24 bits per heavy atom. The lowest BCUT2D eigenvalue weighted by Gasteiger charge is -2.34. The summed E-state index contributed by atoms with van der Waals surface area (Å²) < 4.78 is 2.14. The zero-order chi connectivity index (χ0) is 15.0. The van der Waals surface area contributed by atoms with Crippen molar-refractivity contribution < 1.29 is 4.79 Å². The summed E-state index contributed by atoms with van der Waals surface area (Å²) in [5, 5.41) is 8.57. The van der Waals surface area contributed by atoms with Crippen LogP contribution in [0.1, 0.15) is 54.7 Å². The first-order valence-corrected chi connectivity index (χ1v) is 7.23. The van der Waals surface area contributed by atoms with E-state index >= 15 is 0 Å². The van der Waals surface area contributed by atoms with Crippen molar-refractivity contribution in [3.05, 3.63) is 41.7 Å². The molecular weight excluding hydrogens is 266 g/mol. The molecule has 1 atom stereocenters. The number of hydrogen-bond donors (Lipinski definition) is 0. The first kappa shape index (κ1) is 13.7. The summed E-state index contributed by atoms with van der Waals surface area (Å²) in [6, 6.07) is 3.42. The summed E-state index contributed by atoms with van der Waals surface area (Å²) in [7, 11) is 0. The van der Waals surface area contributed by atoms with Crippen LogP contribution in [0.2, 0.25) is 0 Å². The van der Waals surface area contributed by atoms with Gasteiger partial charge in [0.1, 0.15) is 5.82 Å². The van der Waals surface area contributed by atoms with E-state index in [1.807, 2.05) is 11.8 Å². The van der Waals surface area contributed by atoms with E-state index < -0.39 is 0 Å². The molecule has 6 heteroatoms. The first-order chi connectivity index (χ1) is 10.1. The summed E-state index contributed by atoms with van der Waals surface area (Å²) in [4.78, 5) is 18.4. The van der Waals surface area contributed by atoms with Gasteiger partial charge in [-0.1, -0.05) is 13.8 Å². The van der Waals surface area contributed by atoms with E-state index in [1.165, 1.54) is 0 Å². The maximum absolute atomic E-state index is 12.6. The van der Waals surface area contributed by atoms with E-state index in [2.05, 4.69) is 33.6 Å². The number of hydrogen-bond acceptors (Lipinski definition) is 4. The van der Waals surface area contributed by atoms with Crippen molar-refractivity contribution in [2.75, 3.05) is 6.54 Å². The van der Waals surface area contributed by atoms with Gasteiger partial charge in [-0.2, -0.15) is 0 Å². The van der Waals surface area contributed by atoms with Crippen molar-refractivity contribution in [1.29, 1.82) is 0 Å². The molecule has 2 aromatic rings. The van der Waals surface area contributed by atoms with Crippen molar-refractivity contribution in [3.8, 4) is 0 Å². The molecule has 1 aliphatic heterocycles. The van der Waals surface area contributed by atoms with Crippen LogP contribution >= 0.6 is 0 Å². The second kappa shape index (κ2) is 5.27. The third-order valence-electron chi connectivity index (χ3n) is 3.92. The van der Waals surface area contributed by atoms with Crippen LogP contribution in [0.5, 0.6) is 0 Å². The average molecular weight is 285 g/mol. The molecule has 0 bridgehead atoms. The Hall–Kier alpha value is -2.24. The van der Waals surface area contributed by atoms with Gasteiger partial charge in [0.2, 0.25) is 0 Å². The Balaban J connectivity index is 1.89. The molecule has 0 N–H and O–H groups in total. The van der Waals surface area contributed by atoms with Crippen LogP contribution in [0.3, 0.4) is 0 Å². The van der Waals surface area contributed by atoms with Crippen molar-refractivity contribution in [2.24, 2.45) is 0 Å². The van der Waals surface area contributed by atoms with Crippen molar-refractivity contribution in [2.45, 2.75) is 39.3 Å². The topological polar surface area (TPSA) is 63.9 Å². The largest absolute Gasteiger partial charge is 0.327 e. The predicted molar refractivity (Wildman–Crippen MR) is 77.8 cm³/mol. The second-order valence-electron chi connectivity index (χ2n) is 5.63. The third-order valence-corrected chi connectivity index (χ3v) is 3.92. The van der Waals surface area contributed by atoms with Gasteiger partial charge in [0, 0.05) is 37.0 Å². The van der Waals surface area contributed by atoms with Crippen LogP contribution in [0.4, 0.5) is 0 Å². The van der Waals surface area contributed by atoms with Gasteiger partial charge in [-0.3, -0.25) is 9.78 Å². The van der Waals surface area contributed by atoms with E-state index in [0.717, 1.165) is 18.2 Å². The molecule has 1 unspecified atom stereocenters. The SMILES string of the molecule is CC(C)c1nnc2n1CCN(C(=O)c1ccncc1)C2C. The van der Waals surface area contributed by atoms with Gasteiger partial charge >= 0.3 is 0 Å². The van der Waals surface area contributed by atoms with E-state index in [1.54, 1.807) is 24.5 Å². The molecule has 1 amide bonds. The van der Waals surface area contributed by atoms with Gasteiger partial charge in [0.15, 0.2) is 5.82 Å². The number of rotatable bonds is 2. The summed E-state index contributed by atoms with van der Waals surface area (Å²) in [5.41, 5.74) is 0.661. The van der Waals surface area contributed by atoms with Crippen LogP contribution in [0.15, 0.2) is 24.5 Å². The zero-order valence-corrected chi connectivity index (χ0v) is 12.5. The molecule has 3 heterocycles. The maximum atomic E-state index is 12.6. The molecule has 6 nitrogen and oxygen atoms in total. The quantitative estimate of drug-likeness (QED) is 0.846. The fraction of sp³-hybridized carbons (Fsp3) is 0.467. The summed E-state index contributed by atoms with van der Waals surface area (Å²) in [5.74, 6) is 2.21. The van der Waals surface area contributed by atoms with Gasteiger partial charge in [-0.05, 0) is 19.1 Å². The first-order valence-electron chi connectivity index (χ1n) is 7.23. The van der Waals surface area contributed by atoms with Crippen molar-refractivity contribution >= 4 is 5.91 Å². The highest BCUT2D eigenvalue weighted by atomic mass is 16.2. The highest BCUT2D eigenvalue weighted by Crippen LogP contribution is 2.27. The number of carbonyl (C=O) groups excluding carboxylic acids is 1. The van der Waals surface area contributed by atoms with Gasteiger partial charge in [0.25, 0.3) is 5.91 Å². The molecular formula is C15H19N5O. The van der Waals surface area contributed by atoms with Crippen LogP contribution in [0, 0.1) is 0 Å². The summed E-state index contributed by atoms with van der Waals surface area (Å²) in [6.45, 7) is 7.64. The Morgan fingerprint density at radius 2 is 1.95 bits per heavy atom. The standard InChI is InChI=1S/C15H19N5O/c1-10(2)13-17-18-14-11(3)19(8-9-20(13)14)15(21)12-4-6-16-7-5-12/h4-7,10-11H,8-9H2,1-3H3. The molecule has 21 heavy (non-hydrogen) atoms. The minimum atomic E-state index is -0.0700. The molecule has 0 aliphatic carbocycles. The monoisotopic (exact) mass is 285 g/mol. The maximum Gasteiger partial charge on any atom is 0.254 e. The number of fused-ring (bicyclic) bond motifs is 1. The highest BCUT2D eigenvalue weighted by molar-refractivity contribution is 5.94. The molecule has 0 saturated carbocycles. The minimum Gasteiger partial charge on any atom is -0.327 e. The van der Waals surface area contributed by atoms with E-state index in [4.69, 9.17) is 0 Å². The van der Waals surface area contributed by atoms with Crippen LogP contribution in [0.25, 0.3) is 0 Å². The molecule has 1 aliphatic rings. The lowest BCUT2D eigenvalue weighted by molar-refractivity contribution is 0.0636. The fourth-order valence-corrected chi connectivity index (χ4v) is 2.77.